The minimum Gasteiger partial charge on any atom is -0.369 e. The zero-order valence-electron chi connectivity index (χ0n) is 13.3. The fourth-order valence-electron chi connectivity index (χ4n) is 2.72. The summed E-state index contributed by atoms with van der Waals surface area (Å²) in [5.74, 6) is 0.918. The van der Waals surface area contributed by atoms with Crippen molar-refractivity contribution in [2.45, 2.75) is 33.6 Å². The first-order chi connectivity index (χ1) is 10.7. The third-order valence-electron chi connectivity index (χ3n) is 4.02. The van der Waals surface area contributed by atoms with Crippen molar-refractivity contribution in [3.63, 3.8) is 0 Å². The summed E-state index contributed by atoms with van der Waals surface area (Å²) in [7, 11) is 0. The number of fused-ring (bicyclic) bond motifs is 1. The molecule has 3 rings (SSSR count). The summed E-state index contributed by atoms with van der Waals surface area (Å²) in [5.41, 5.74) is 4.33. The van der Waals surface area contributed by atoms with E-state index < -0.39 is 0 Å². The van der Waals surface area contributed by atoms with Crippen LogP contribution in [0.25, 0.3) is 16.7 Å². The lowest BCUT2D eigenvalue weighted by molar-refractivity contribution is 0.831. The zero-order valence-corrected chi connectivity index (χ0v) is 13.3. The van der Waals surface area contributed by atoms with Crippen molar-refractivity contribution < 1.29 is 0 Å². The minimum absolute atomic E-state index is 0.918. The van der Waals surface area contributed by atoms with E-state index in [1.807, 2.05) is 18.3 Å². The summed E-state index contributed by atoms with van der Waals surface area (Å²) >= 11 is 0. The van der Waals surface area contributed by atoms with Crippen molar-refractivity contribution in [2.75, 3.05) is 11.9 Å². The van der Waals surface area contributed by atoms with Gasteiger partial charge in [0.25, 0.3) is 0 Å². The normalized spacial score (nSPS) is 11.0. The van der Waals surface area contributed by atoms with E-state index in [2.05, 4.69) is 45.6 Å². The monoisotopic (exact) mass is 295 g/mol. The van der Waals surface area contributed by atoms with Crippen LogP contribution in [0.1, 0.15) is 31.0 Å². The van der Waals surface area contributed by atoms with Crippen LogP contribution in [0.15, 0.2) is 30.9 Å². The molecule has 22 heavy (non-hydrogen) atoms. The van der Waals surface area contributed by atoms with E-state index in [-0.39, 0.29) is 0 Å². The lowest BCUT2D eigenvalue weighted by Gasteiger charge is -2.08. The number of anilines is 1. The first-order valence-electron chi connectivity index (χ1n) is 7.71. The molecule has 3 heterocycles. The van der Waals surface area contributed by atoms with Crippen LogP contribution in [-0.4, -0.2) is 26.1 Å². The SMILES string of the molecule is CCCCNc1ncnc2c1c(C)c(C)n2-c1cccnc1. The number of nitrogens with zero attached hydrogens (tertiary/aromatic N) is 4. The third-order valence-corrected chi connectivity index (χ3v) is 4.02. The van der Waals surface area contributed by atoms with Crippen molar-refractivity contribution in [1.29, 1.82) is 0 Å². The first kappa shape index (κ1) is 14.5. The Kier molecular flexibility index (Phi) is 4.04. The number of hydrogen-bond donors (Lipinski definition) is 1. The highest BCUT2D eigenvalue weighted by atomic mass is 15.1. The summed E-state index contributed by atoms with van der Waals surface area (Å²) < 4.78 is 2.14. The fraction of sp³-hybridized carbons (Fsp3) is 0.353. The highest BCUT2D eigenvalue weighted by Gasteiger charge is 2.17. The van der Waals surface area contributed by atoms with Crippen LogP contribution in [0.4, 0.5) is 5.82 Å². The standard InChI is InChI=1S/C17H21N5/c1-4-5-9-19-16-15-12(2)13(3)22(17(15)21-11-20-16)14-7-6-8-18-10-14/h6-8,10-11H,4-5,9H2,1-3H3,(H,19,20,21). The van der Waals surface area contributed by atoms with Gasteiger partial charge in [0.2, 0.25) is 0 Å². The number of pyridine rings is 1. The molecule has 0 aliphatic rings. The van der Waals surface area contributed by atoms with E-state index in [9.17, 15) is 0 Å². The molecule has 1 N–H and O–H groups in total. The predicted octanol–water partition coefficient (Wildman–Crippen LogP) is 3.64. The number of aromatic nitrogens is 4. The maximum Gasteiger partial charge on any atom is 0.150 e. The number of nitrogens with one attached hydrogen (secondary N) is 1. The zero-order chi connectivity index (χ0) is 15.5. The van der Waals surface area contributed by atoms with Crippen molar-refractivity contribution in [3.05, 3.63) is 42.1 Å². The van der Waals surface area contributed by atoms with Crippen LogP contribution in [0.3, 0.4) is 0 Å². The molecular weight excluding hydrogens is 274 g/mol. The molecular formula is C17H21N5. The molecule has 0 fully saturated rings. The Balaban J connectivity index is 2.16. The van der Waals surface area contributed by atoms with Gasteiger partial charge in [0.15, 0.2) is 5.65 Å². The number of aryl methyl sites for hydroxylation is 1. The highest BCUT2D eigenvalue weighted by molar-refractivity contribution is 5.93. The van der Waals surface area contributed by atoms with Crippen molar-refractivity contribution in [1.82, 2.24) is 19.5 Å². The van der Waals surface area contributed by atoms with E-state index in [1.54, 1.807) is 12.5 Å². The van der Waals surface area contributed by atoms with Gasteiger partial charge in [-0.2, -0.15) is 0 Å². The molecule has 0 atom stereocenters. The molecule has 3 aromatic heterocycles. The molecule has 0 aliphatic heterocycles. The third kappa shape index (κ3) is 2.43. The average Bonchev–Trinajstić information content (AvgIpc) is 2.81. The van der Waals surface area contributed by atoms with Crippen LogP contribution < -0.4 is 5.32 Å². The van der Waals surface area contributed by atoms with Crippen molar-refractivity contribution in [2.24, 2.45) is 0 Å². The van der Waals surface area contributed by atoms with E-state index in [1.165, 1.54) is 11.3 Å². The lowest BCUT2D eigenvalue weighted by atomic mass is 10.2. The lowest BCUT2D eigenvalue weighted by Crippen LogP contribution is -2.04. The maximum absolute atomic E-state index is 4.51. The Morgan fingerprint density at radius 2 is 2.09 bits per heavy atom. The highest BCUT2D eigenvalue weighted by Crippen LogP contribution is 2.30. The van der Waals surface area contributed by atoms with Crippen LogP contribution >= 0.6 is 0 Å². The Hall–Kier alpha value is -2.43. The van der Waals surface area contributed by atoms with E-state index >= 15 is 0 Å². The molecule has 0 aliphatic carbocycles. The summed E-state index contributed by atoms with van der Waals surface area (Å²) in [5, 5.41) is 4.54. The molecule has 0 radical (unpaired) electrons. The average molecular weight is 295 g/mol. The van der Waals surface area contributed by atoms with Crippen LogP contribution in [-0.2, 0) is 0 Å². The van der Waals surface area contributed by atoms with Crippen LogP contribution in [0.2, 0.25) is 0 Å². The van der Waals surface area contributed by atoms with E-state index in [0.29, 0.717) is 0 Å². The second-order valence-corrected chi connectivity index (χ2v) is 5.46. The van der Waals surface area contributed by atoms with Crippen molar-refractivity contribution >= 4 is 16.9 Å². The van der Waals surface area contributed by atoms with E-state index in [0.717, 1.165) is 41.9 Å². The predicted molar refractivity (Wildman–Crippen MR) is 89.5 cm³/mol. The van der Waals surface area contributed by atoms with Gasteiger partial charge in [-0.05, 0) is 38.0 Å². The van der Waals surface area contributed by atoms with E-state index in [4.69, 9.17) is 0 Å². The summed E-state index contributed by atoms with van der Waals surface area (Å²) in [6, 6.07) is 3.99. The first-order valence-corrected chi connectivity index (χ1v) is 7.71. The largest absolute Gasteiger partial charge is 0.369 e. The van der Waals surface area contributed by atoms with Gasteiger partial charge in [0.1, 0.15) is 12.1 Å². The molecule has 5 nitrogen and oxygen atoms in total. The molecule has 0 spiro atoms. The number of unbranched alkanes of at least 4 members (excludes halogenated alkanes) is 1. The van der Waals surface area contributed by atoms with Gasteiger partial charge in [-0.15, -0.1) is 0 Å². The molecule has 0 saturated carbocycles. The fourth-order valence-corrected chi connectivity index (χ4v) is 2.72. The van der Waals surface area contributed by atoms with Gasteiger partial charge in [0.05, 0.1) is 17.3 Å². The van der Waals surface area contributed by atoms with Gasteiger partial charge in [-0.25, -0.2) is 9.97 Å². The van der Waals surface area contributed by atoms with Crippen molar-refractivity contribution in [3.8, 4) is 5.69 Å². The topological polar surface area (TPSA) is 55.6 Å². The minimum atomic E-state index is 0.918. The molecule has 5 heteroatoms. The van der Waals surface area contributed by atoms with Crippen LogP contribution in [0.5, 0.6) is 0 Å². The Morgan fingerprint density at radius 3 is 2.82 bits per heavy atom. The van der Waals surface area contributed by atoms with Gasteiger partial charge >= 0.3 is 0 Å². The quantitative estimate of drug-likeness (QED) is 0.730. The smallest absolute Gasteiger partial charge is 0.150 e. The molecule has 0 bridgehead atoms. The Morgan fingerprint density at radius 1 is 1.23 bits per heavy atom. The molecule has 3 aromatic rings. The second-order valence-electron chi connectivity index (χ2n) is 5.46. The van der Waals surface area contributed by atoms with Crippen LogP contribution in [0, 0.1) is 13.8 Å². The second kappa shape index (κ2) is 6.13. The maximum atomic E-state index is 4.51. The molecule has 0 aromatic carbocycles. The molecule has 0 amide bonds. The summed E-state index contributed by atoms with van der Waals surface area (Å²) in [6.07, 6.45) is 7.56. The summed E-state index contributed by atoms with van der Waals surface area (Å²) in [6.45, 7) is 7.35. The van der Waals surface area contributed by atoms with Gasteiger partial charge in [0, 0.05) is 18.4 Å². The number of hydrogen-bond acceptors (Lipinski definition) is 4. The number of rotatable bonds is 5. The summed E-state index contributed by atoms with van der Waals surface area (Å²) in [4.78, 5) is 13.2. The van der Waals surface area contributed by atoms with Gasteiger partial charge < -0.3 is 5.32 Å². The van der Waals surface area contributed by atoms with Gasteiger partial charge in [-0.3, -0.25) is 9.55 Å². The Bertz CT molecular complexity index is 777. The molecule has 0 unspecified atom stereocenters. The Labute approximate surface area is 130 Å². The molecule has 114 valence electrons. The van der Waals surface area contributed by atoms with Gasteiger partial charge in [-0.1, -0.05) is 13.3 Å². The molecule has 0 saturated heterocycles.